The van der Waals surface area contributed by atoms with Gasteiger partial charge in [-0.05, 0) is 116 Å². The molecule has 0 N–H and O–H groups in total. The highest BCUT2D eigenvalue weighted by atomic mass is 16.6. The van der Waals surface area contributed by atoms with Crippen molar-refractivity contribution in [3.63, 3.8) is 0 Å². The second-order valence-corrected chi connectivity index (χ2v) is 18.5. The number of carbonyl (C=O) groups is 3. The summed E-state index contributed by atoms with van der Waals surface area (Å²) < 4.78 is 16.8. The van der Waals surface area contributed by atoms with Crippen molar-refractivity contribution in [3.8, 4) is 0 Å². The van der Waals surface area contributed by atoms with E-state index < -0.39 is 6.10 Å². The molecule has 0 saturated carbocycles. The van der Waals surface area contributed by atoms with Crippen LogP contribution >= 0.6 is 0 Å². The summed E-state index contributed by atoms with van der Waals surface area (Å²) in [6.45, 7) is 6.46. The first-order valence-electron chi connectivity index (χ1n) is 28.1. The monoisotopic (exact) mass is 933 g/mol. The van der Waals surface area contributed by atoms with E-state index in [1.807, 2.05) is 0 Å². The Morgan fingerprint density at radius 2 is 0.582 bits per heavy atom. The first-order valence-corrected chi connectivity index (χ1v) is 28.1. The van der Waals surface area contributed by atoms with Crippen LogP contribution in [0.3, 0.4) is 0 Å². The SMILES string of the molecule is CC/C=C\C/C=C\C/C=C\C/C=C\CCCCC(=O)O[C@H](COC(=O)CCCCCCC/C=C\C/C=C\CCCCC)COC(=O)CCCCCCCCCCC/C=C\CCCCCCCC. The third-order valence-corrected chi connectivity index (χ3v) is 11.9. The number of allylic oxidation sites excluding steroid dienone is 14. The van der Waals surface area contributed by atoms with E-state index in [-0.39, 0.29) is 37.5 Å². The summed E-state index contributed by atoms with van der Waals surface area (Å²) in [5.74, 6) is -0.953. The molecule has 0 unspecified atom stereocenters. The van der Waals surface area contributed by atoms with Crippen LogP contribution in [0.15, 0.2) is 85.1 Å². The van der Waals surface area contributed by atoms with Crippen molar-refractivity contribution in [2.24, 2.45) is 0 Å². The van der Waals surface area contributed by atoms with Gasteiger partial charge in [-0.2, -0.15) is 0 Å². The molecule has 384 valence electrons. The maximum absolute atomic E-state index is 12.8. The fourth-order valence-corrected chi connectivity index (χ4v) is 7.63. The van der Waals surface area contributed by atoms with Crippen molar-refractivity contribution >= 4 is 17.9 Å². The Hall–Kier alpha value is -3.41. The number of unbranched alkanes of at least 4 members (excludes halogenated alkanes) is 25. The van der Waals surface area contributed by atoms with Gasteiger partial charge in [0, 0.05) is 19.3 Å². The Balaban J connectivity index is 4.44. The smallest absolute Gasteiger partial charge is 0.306 e. The Morgan fingerprint density at radius 3 is 0.985 bits per heavy atom. The number of esters is 3. The molecule has 0 amide bonds. The highest BCUT2D eigenvalue weighted by Crippen LogP contribution is 2.14. The van der Waals surface area contributed by atoms with E-state index in [0.717, 1.165) is 103 Å². The minimum atomic E-state index is -0.805. The lowest BCUT2D eigenvalue weighted by molar-refractivity contribution is -0.167. The van der Waals surface area contributed by atoms with Crippen molar-refractivity contribution in [2.45, 2.75) is 271 Å². The van der Waals surface area contributed by atoms with Gasteiger partial charge in [-0.15, -0.1) is 0 Å². The van der Waals surface area contributed by atoms with Crippen molar-refractivity contribution in [2.75, 3.05) is 13.2 Å². The molecule has 6 nitrogen and oxygen atoms in total. The first kappa shape index (κ1) is 63.6. The zero-order valence-electron chi connectivity index (χ0n) is 43.9. The van der Waals surface area contributed by atoms with Crippen LogP contribution in [0.5, 0.6) is 0 Å². The largest absolute Gasteiger partial charge is 0.462 e. The number of hydrogen-bond donors (Lipinski definition) is 0. The van der Waals surface area contributed by atoms with Crippen LogP contribution in [0, 0.1) is 0 Å². The van der Waals surface area contributed by atoms with Gasteiger partial charge >= 0.3 is 17.9 Å². The second-order valence-electron chi connectivity index (χ2n) is 18.5. The number of carbonyl (C=O) groups excluding carboxylic acids is 3. The van der Waals surface area contributed by atoms with Gasteiger partial charge in [0.1, 0.15) is 13.2 Å². The summed E-state index contributed by atoms with van der Waals surface area (Å²) in [7, 11) is 0. The van der Waals surface area contributed by atoms with Crippen LogP contribution in [-0.4, -0.2) is 37.2 Å². The van der Waals surface area contributed by atoms with Crippen molar-refractivity contribution in [1.29, 1.82) is 0 Å². The highest BCUT2D eigenvalue weighted by molar-refractivity contribution is 5.71. The van der Waals surface area contributed by atoms with Crippen molar-refractivity contribution in [1.82, 2.24) is 0 Å². The number of hydrogen-bond acceptors (Lipinski definition) is 6. The standard InChI is InChI=1S/C61H104O6/c1-4-7-10-13-16-19-22-25-28-29-30-31-34-36-39-42-45-48-51-54-60(63)66-57-58(67-61(64)55-52-49-46-43-40-37-33-27-24-21-18-15-12-9-6-3)56-65-59(62)53-50-47-44-41-38-35-32-26-23-20-17-14-11-8-5-2/h9,12,17-18,20-21,25-28,32-33,40,43,58H,4-8,10-11,13-16,19,22-24,29-31,34-39,41-42,44-57H2,1-3H3/b12-9-,20-17-,21-18-,28-25-,32-26-,33-27-,43-40-/t58-/m1/s1. The van der Waals surface area contributed by atoms with E-state index in [4.69, 9.17) is 14.2 Å². The second kappa shape index (κ2) is 55.2. The third kappa shape index (κ3) is 53.4. The molecule has 0 saturated heterocycles. The van der Waals surface area contributed by atoms with Crippen molar-refractivity contribution < 1.29 is 28.6 Å². The molecule has 0 aromatic rings. The van der Waals surface area contributed by atoms with E-state index >= 15 is 0 Å². The quantitative estimate of drug-likeness (QED) is 0.0262. The summed E-state index contributed by atoms with van der Waals surface area (Å²) in [5.41, 5.74) is 0. The van der Waals surface area contributed by atoms with Crippen LogP contribution in [0.1, 0.15) is 265 Å². The molecule has 0 aromatic carbocycles. The summed E-state index contributed by atoms with van der Waals surface area (Å²) in [6.07, 6.45) is 71.4. The Morgan fingerprint density at radius 1 is 0.313 bits per heavy atom. The lowest BCUT2D eigenvalue weighted by Gasteiger charge is -2.18. The molecule has 0 aliphatic heterocycles. The van der Waals surface area contributed by atoms with E-state index in [1.165, 1.54) is 116 Å². The third-order valence-electron chi connectivity index (χ3n) is 11.9. The predicted molar refractivity (Wildman–Crippen MR) is 288 cm³/mol. The molecule has 0 fully saturated rings. The fourth-order valence-electron chi connectivity index (χ4n) is 7.63. The fraction of sp³-hybridized carbons (Fsp3) is 0.721. The summed E-state index contributed by atoms with van der Waals surface area (Å²) in [6, 6.07) is 0. The summed E-state index contributed by atoms with van der Waals surface area (Å²) in [5, 5.41) is 0. The van der Waals surface area contributed by atoms with Gasteiger partial charge in [-0.3, -0.25) is 14.4 Å². The van der Waals surface area contributed by atoms with Gasteiger partial charge in [0.15, 0.2) is 6.10 Å². The van der Waals surface area contributed by atoms with E-state index in [0.29, 0.717) is 19.3 Å². The lowest BCUT2D eigenvalue weighted by atomic mass is 10.1. The molecule has 67 heavy (non-hydrogen) atoms. The maximum Gasteiger partial charge on any atom is 0.306 e. The molecule has 0 aliphatic rings. The van der Waals surface area contributed by atoms with Crippen LogP contribution in [0.25, 0.3) is 0 Å². The molecule has 0 radical (unpaired) electrons. The van der Waals surface area contributed by atoms with E-state index in [2.05, 4.69) is 106 Å². The molecular formula is C61H104O6. The zero-order valence-corrected chi connectivity index (χ0v) is 43.9. The van der Waals surface area contributed by atoms with Gasteiger partial charge < -0.3 is 14.2 Å². The molecular weight excluding hydrogens is 829 g/mol. The topological polar surface area (TPSA) is 78.9 Å². The van der Waals surface area contributed by atoms with Gasteiger partial charge in [-0.1, -0.05) is 215 Å². The molecule has 0 aliphatic carbocycles. The van der Waals surface area contributed by atoms with Gasteiger partial charge in [-0.25, -0.2) is 0 Å². The van der Waals surface area contributed by atoms with Crippen molar-refractivity contribution in [3.05, 3.63) is 85.1 Å². The first-order chi connectivity index (χ1) is 33.0. The van der Waals surface area contributed by atoms with Crippen LogP contribution in [0.4, 0.5) is 0 Å². The van der Waals surface area contributed by atoms with Crippen LogP contribution in [-0.2, 0) is 28.6 Å². The minimum Gasteiger partial charge on any atom is -0.462 e. The molecule has 1 atom stereocenters. The van der Waals surface area contributed by atoms with Gasteiger partial charge in [0.25, 0.3) is 0 Å². The predicted octanol–water partition coefficient (Wildman–Crippen LogP) is 18.8. The molecule has 0 heterocycles. The molecule has 6 heteroatoms. The number of ether oxygens (including phenoxy) is 3. The molecule has 0 aromatic heterocycles. The average Bonchev–Trinajstić information content (AvgIpc) is 3.33. The van der Waals surface area contributed by atoms with Gasteiger partial charge in [0.2, 0.25) is 0 Å². The number of rotatable bonds is 50. The lowest BCUT2D eigenvalue weighted by Crippen LogP contribution is -2.30. The van der Waals surface area contributed by atoms with E-state index in [9.17, 15) is 14.4 Å². The summed E-state index contributed by atoms with van der Waals surface area (Å²) in [4.78, 5) is 38.1. The van der Waals surface area contributed by atoms with Crippen LogP contribution in [0.2, 0.25) is 0 Å². The Kier molecular flexibility index (Phi) is 52.4. The van der Waals surface area contributed by atoms with Gasteiger partial charge in [0.05, 0.1) is 0 Å². The normalized spacial score (nSPS) is 12.7. The summed E-state index contributed by atoms with van der Waals surface area (Å²) >= 11 is 0. The zero-order chi connectivity index (χ0) is 48.6. The maximum atomic E-state index is 12.8. The molecule has 0 rings (SSSR count). The average molecular weight is 933 g/mol. The van der Waals surface area contributed by atoms with Crippen LogP contribution < -0.4 is 0 Å². The molecule has 0 spiro atoms. The minimum absolute atomic E-state index is 0.0988. The molecule has 0 bridgehead atoms. The van der Waals surface area contributed by atoms with E-state index in [1.54, 1.807) is 0 Å². The Labute approximate surface area is 414 Å². The Bertz CT molecular complexity index is 1300. The highest BCUT2D eigenvalue weighted by Gasteiger charge is 2.19.